The van der Waals surface area contributed by atoms with Gasteiger partial charge in [0, 0.05) is 0 Å². The van der Waals surface area contributed by atoms with Gasteiger partial charge < -0.3 is 5.11 Å². The monoisotopic (exact) mass is 302 g/mol. The van der Waals surface area contributed by atoms with Crippen LogP contribution in [0, 0.1) is 34.0 Å². The fourth-order valence-electron chi connectivity index (χ4n) is 7.35. The summed E-state index contributed by atoms with van der Waals surface area (Å²) in [6.45, 7) is 11.3. The summed E-state index contributed by atoms with van der Waals surface area (Å²) >= 11 is 0. The second-order valence-corrected chi connectivity index (χ2v) is 9.58. The van der Waals surface area contributed by atoms with Gasteiger partial charge in [-0.2, -0.15) is 0 Å². The molecule has 2 heteroatoms. The summed E-state index contributed by atoms with van der Waals surface area (Å²) in [5.41, 5.74) is 0.828. The summed E-state index contributed by atoms with van der Waals surface area (Å²) in [5, 5.41) is 11.1. The molecule has 4 aliphatic rings. The second kappa shape index (κ2) is 4.26. The van der Waals surface area contributed by atoms with Gasteiger partial charge in [0.25, 0.3) is 0 Å². The van der Waals surface area contributed by atoms with E-state index in [1.165, 1.54) is 19.3 Å². The lowest BCUT2D eigenvalue weighted by atomic mass is 9.40. The number of allylic oxidation sites excluding steroid dienone is 1. The number of hydrogen-bond donors (Lipinski definition) is 1. The molecule has 0 unspecified atom stereocenters. The Morgan fingerprint density at radius 1 is 1.14 bits per heavy atom. The van der Waals surface area contributed by atoms with E-state index >= 15 is 0 Å². The number of carbonyl (C=O) groups is 1. The Hall–Kier alpha value is -0.630. The molecule has 6 atom stereocenters. The van der Waals surface area contributed by atoms with Gasteiger partial charge in [-0.15, -0.1) is 0 Å². The highest BCUT2D eigenvalue weighted by Gasteiger charge is 2.69. The number of aliphatic hydroxyl groups is 1. The fourth-order valence-corrected chi connectivity index (χ4v) is 7.35. The molecule has 2 nitrogen and oxygen atoms in total. The molecule has 4 aliphatic carbocycles. The molecule has 1 N–H and O–H groups in total. The molecule has 0 heterocycles. The van der Waals surface area contributed by atoms with E-state index in [2.05, 4.69) is 27.4 Å². The number of hydrogen-bond acceptors (Lipinski definition) is 2. The summed E-state index contributed by atoms with van der Waals surface area (Å²) in [7, 11) is 0. The molecule has 2 bridgehead atoms. The van der Waals surface area contributed by atoms with Gasteiger partial charge in [-0.25, -0.2) is 0 Å². The van der Waals surface area contributed by atoms with Crippen molar-refractivity contribution in [1.82, 2.24) is 0 Å². The molecule has 4 saturated carbocycles. The maximum absolute atomic E-state index is 13.1. The van der Waals surface area contributed by atoms with Crippen LogP contribution < -0.4 is 0 Å². The summed E-state index contributed by atoms with van der Waals surface area (Å²) in [6.07, 6.45) is 7.18. The van der Waals surface area contributed by atoms with Crippen LogP contribution in [0.3, 0.4) is 0 Å². The van der Waals surface area contributed by atoms with Gasteiger partial charge in [0.1, 0.15) is 0 Å². The van der Waals surface area contributed by atoms with E-state index in [0.717, 1.165) is 31.3 Å². The molecular formula is C20H30O2. The van der Waals surface area contributed by atoms with E-state index in [0.29, 0.717) is 17.8 Å². The Morgan fingerprint density at radius 2 is 1.86 bits per heavy atom. The fraction of sp³-hybridized carbons (Fsp3) is 0.850. The van der Waals surface area contributed by atoms with Crippen LogP contribution in [0.5, 0.6) is 0 Å². The largest absolute Gasteiger partial charge is 0.392 e. The Balaban J connectivity index is 1.84. The van der Waals surface area contributed by atoms with E-state index in [-0.39, 0.29) is 16.6 Å². The third-order valence-corrected chi connectivity index (χ3v) is 8.34. The summed E-state index contributed by atoms with van der Waals surface area (Å²) < 4.78 is 0. The minimum absolute atomic E-state index is 0.215. The molecule has 4 rings (SSSR count). The van der Waals surface area contributed by atoms with Crippen LogP contribution in [0.2, 0.25) is 0 Å². The highest BCUT2D eigenvalue weighted by atomic mass is 16.3. The van der Waals surface area contributed by atoms with Crippen LogP contribution in [-0.4, -0.2) is 17.0 Å². The van der Waals surface area contributed by atoms with E-state index in [1.807, 2.05) is 0 Å². The molecule has 1 spiro atoms. The first-order valence-corrected chi connectivity index (χ1v) is 9.15. The molecule has 0 saturated heterocycles. The van der Waals surface area contributed by atoms with Crippen molar-refractivity contribution in [2.75, 3.05) is 0 Å². The van der Waals surface area contributed by atoms with Crippen molar-refractivity contribution < 1.29 is 9.90 Å². The lowest BCUT2D eigenvalue weighted by molar-refractivity contribution is -0.197. The normalized spacial score (nSPS) is 53.1. The van der Waals surface area contributed by atoms with Crippen molar-refractivity contribution in [3.05, 3.63) is 12.2 Å². The second-order valence-electron chi connectivity index (χ2n) is 9.58. The number of Topliss-reactive ketones (excluding diaryl/α,β-unsaturated/α-hetero) is 1. The lowest BCUT2D eigenvalue weighted by Gasteiger charge is -2.64. The van der Waals surface area contributed by atoms with Crippen LogP contribution in [0.25, 0.3) is 0 Å². The minimum Gasteiger partial charge on any atom is -0.392 e. The van der Waals surface area contributed by atoms with Crippen LogP contribution in [0.1, 0.15) is 65.7 Å². The molecule has 122 valence electrons. The van der Waals surface area contributed by atoms with Crippen molar-refractivity contribution in [2.24, 2.45) is 34.0 Å². The van der Waals surface area contributed by atoms with Gasteiger partial charge in [-0.3, -0.25) is 4.79 Å². The van der Waals surface area contributed by atoms with Crippen molar-refractivity contribution in [3.63, 3.8) is 0 Å². The first kappa shape index (κ1) is 14.9. The van der Waals surface area contributed by atoms with Gasteiger partial charge >= 0.3 is 0 Å². The first-order valence-electron chi connectivity index (χ1n) is 9.15. The number of fused-ring (bicyclic) bond motifs is 3. The van der Waals surface area contributed by atoms with E-state index in [9.17, 15) is 9.90 Å². The van der Waals surface area contributed by atoms with Crippen LogP contribution >= 0.6 is 0 Å². The highest BCUT2D eigenvalue weighted by molar-refractivity contribution is 6.03. The average Bonchev–Trinajstić information content (AvgIpc) is 2.64. The molecule has 0 amide bonds. The summed E-state index contributed by atoms with van der Waals surface area (Å²) in [4.78, 5) is 13.1. The molecule has 0 aliphatic heterocycles. The molecule has 0 aromatic heterocycles. The Bertz CT molecular complexity index is 548. The predicted molar refractivity (Wildman–Crippen MR) is 87.3 cm³/mol. The third kappa shape index (κ3) is 1.53. The smallest absolute Gasteiger partial charge is 0.167 e. The maximum atomic E-state index is 13.1. The standard InChI is InChI=1S/C20H30O2/c1-12-13-6-7-14-19(4)9-5-8-18(2,3)15(19)10-16(21)20(14,11-13)17(12)22/h13-16,21H,1,5-11H2,2-4H3/t13-,14-,15+,16+,19-,20+/m0/s1. The van der Waals surface area contributed by atoms with Gasteiger partial charge in [-0.05, 0) is 72.7 Å². The zero-order valence-corrected chi connectivity index (χ0v) is 14.3. The predicted octanol–water partition coefficient (Wildman–Crippen LogP) is 4.13. The summed E-state index contributed by atoms with van der Waals surface area (Å²) in [5.74, 6) is 1.46. The maximum Gasteiger partial charge on any atom is 0.167 e. The van der Waals surface area contributed by atoms with Crippen molar-refractivity contribution >= 4 is 5.78 Å². The molecule has 0 aromatic rings. The topological polar surface area (TPSA) is 37.3 Å². The van der Waals surface area contributed by atoms with E-state index < -0.39 is 11.5 Å². The number of carbonyl (C=O) groups excluding carboxylic acids is 1. The van der Waals surface area contributed by atoms with Gasteiger partial charge in [0.05, 0.1) is 11.5 Å². The van der Waals surface area contributed by atoms with Crippen molar-refractivity contribution in [1.29, 1.82) is 0 Å². The quantitative estimate of drug-likeness (QED) is 0.683. The Morgan fingerprint density at radius 3 is 2.59 bits per heavy atom. The van der Waals surface area contributed by atoms with Gasteiger partial charge in [0.15, 0.2) is 5.78 Å². The number of rotatable bonds is 0. The van der Waals surface area contributed by atoms with Gasteiger partial charge in [-0.1, -0.05) is 33.8 Å². The van der Waals surface area contributed by atoms with Crippen LogP contribution in [-0.2, 0) is 4.79 Å². The number of aliphatic hydroxyl groups excluding tert-OH is 1. The molecule has 0 aromatic carbocycles. The summed E-state index contributed by atoms with van der Waals surface area (Å²) in [6, 6.07) is 0. The first-order chi connectivity index (χ1) is 10.2. The Labute approximate surface area is 134 Å². The lowest BCUT2D eigenvalue weighted by Crippen LogP contribution is -2.63. The molecular weight excluding hydrogens is 272 g/mol. The van der Waals surface area contributed by atoms with E-state index in [4.69, 9.17) is 0 Å². The van der Waals surface area contributed by atoms with Gasteiger partial charge in [0.2, 0.25) is 0 Å². The van der Waals surface area contributed by atoms with Crippen LogP contribution in [0.15, 0.2) is 12.2 Å². The zero-order chi connectivity index (χ0) is 15.9. The molecule has 4 fully saturated rings. The van der Waals surface area contributed by atoms with E-state index in [1.54, 1.807) is 0 Å². The SMILES string of the molecule is C=C1C(=O)[C@]23C[C@@H]1CC[C@H]2[C@]1(C)CCCC(C)(C)[C@H]1C[C@H]3O. The van der Waals surface area contributed by atoms with Crippen LogP contribution in [0.4, 0.5) is 0 Å². The Kier molecular flexibility index (Phi) is 2.89. The molecule has 22 heavy (non-hydrogen) atoms. The highest BCUT2D eigenvalue weighted by Crippen LogP contribution is 2.70. The zero-order valence-electron chi connectivity index (χ0n) is 14.3. The molecule has 0 radical (unpaired) electrons. The number of ketones is 1. The van der Waals surface area contributed by atoms with Crippen molar-refractivity contribution in [2.45, 2.75) is 71.8 Å². The average molecular weight is 302 g/mol. The minimum atomic E-state index is -0.487. The van der Waals surface area contributed by atoms with Crippen molar-refractivity contribution in [3.8, 4) is 0 Å². The third-order valence-electron chi connectivity index (χ3n) is 8.34.